The number of carbonyl (C=O) groups excluding carboxylic acids is 1. The molecule has 2 N–H and O–H groups in total. The van der Waals surface area contributed by atoms with E-state index in [2.05, 4.69) is 5.32 Å². The molecule has 1 atom stereocenters. The molecule has 3 nitrogen and oxygen atoms in total. The van der Waals surface area contributed by atoms with Crippen LogP contribution in [-0.4, -0.2) is 17.1 Å². The third-order valence-electron chi connectivity index (χ3n) is 4.37. The van der Waals surface area contributed by atoms with E-state index in [0.717, 1.165) is 24.0 Å². The topological polar surface area (TPSA) is 49.3 Å². The van der Waals surface area contributed by atoms with E-state index in [1.54, 1.807) is 6.08 Å². The molecular weight excluding hydrogens is 286 g/mol. The fourth-order valence-corrected chi connectivity index (χ4v) is 2.70. The van der Waals surface area contributed by atoms with Gasteiger partial charge in [0.05, 0.1) is 11.5 Å². The van der Waals surface area contributed by atoms with Gasteiger partial charge in [0, 0.05) is 6.54 Å². The maximum atomic E-state index is 12.4. The molecule has 0 heterocycles. The maximum absolute atomic E-state index is 12.4. The number of rotatable bonds is 6. The summed E-state index contributed by atoms with van der Waals surface area (Å²) in [5.41, 5.74) is 1.43. The van der Waals surface area contributed by atoms with Gasteiger partial charge in [0.2, 0.25) is 5.91 Å². The molecule has 1 fully saturated rings. The summed E-state index contributed by atoms with van der Waals surface area (Å²) in [6.07, 6.45) is 4.31. The summed E-state index contributed by atoms with van der Waals surface area (Å²) in [4.78, 5) is 12.4. The number of aliphatic hydroxyl groups is 1. The lowest BCUT2D eigenvalue weighted by atomic mass is 9.96. The summed E-state index contributed by atoms with van der Waals surface area (Å²) in [5.74, 6) is -0.0634. The van der Waals surface area contributed by atoms with Crippen LogP contribution in [0.2, 0.25) is 0 Å². The van der Waals surface area contributed by atoms with Gasteiger partial charge in [-0.25, -0.2) is 0 Å². The molecule has 1 saturated carbocycles. The second-order valence-electron chi connectivity index (χ2n) is 6.04. The SMILES string of the molecule is O=C(NCc1ccccc1)C1(C(O)/C=C/c2ccccc2)CC1. The minimum absolute atomic E-state index is 0.0634. The molecule has 0 bridgehead atoms. The standard InChI is InChI=1S/C20H21NO2/c22-18(12-11-16-7-3-1-4-8-16)20(13-14-20)19(23)21-15-17-9-5-2-6-10-17/h1-12,18,22H,13-15H2,(H,21,23)/b12-11+. The van der Waals surface area contributed by atoms with Crippen molar-refractivity contribution in [3.05, 3.63) is 77.9 Å². The van der Waals surface area contributed by atoms with E-state index in [-0.39, 0.29) is 5.91 Å². The predicted octanol–water partition coefficient (Wildman–Crippen LogP) is 3.16. The number of carbonyl (C=O) groups is 1. The Labute approximate surface area is 136 Å². The van der Waals surface area contributed by atoms with Crippen LogP contribution in [0.25, 0.3) is 6.08 Å². The van der Waals surface area contributed by atoms with Crippen LogP contribution in [-0.2, 0) is 11.3 Å². The van der Waals surface area contributed by atoms with Gasteiger partial charge >= 0.3 is 0 Å². The third-order valence-corrected chi connectivity index (χ3v) is 4.37. The summed E-state index contributed by atoms with van der Waals surface area (Å²) in [5, 5.41) is 13.4. The Morgan fingerprint density at radius 2 is 1.70 bits per heavy atom. The van der Waals surface area contributed by atoms with Crippen LogP contribution in [0.5, 0.6) is 0 Å². The van der Waals surface area contributed by atoms with Gasteiger partial charge < -0.3 is 10.4 Å². The Hall–Kier alpha value is -2.39. The first kappa shape index (κ1) is 15.5. The Bertz CT molecular complexity index is 675. The molecule has 1 unspecified atom stereocenters. The molecule has 1 aliphatic carbocycles. The summed E-state index contributed by atoms with van der Waals surface area (Å²) in [6.45, 7) is 0.497. The number of benzene rings is 2. The first-order valence-electron chi connectivity index (χ1n) is 7.94. The molecule has 0 aromatic heterocycles. The fourth-order valence-electron chi connectivity index (χ4n) is 2.70. The molecule has 3 rings (SSSR count). The van der Waals surface area contributed by atoms with Gasteiger partial charge in [-0.15, -0.1) is 0 Å². The number of amides is 1. The van der Waals surface area contributed by atoms with Gasteiger partial charge in [-0.3, -0.25) is 4.79 Å². The van der Waals surface area contributed by atoms with E-state index in [4.69, 9.17) is 0 Å². The summed E-state index contributed by atoms with van der Waals surface area (Å²) in [6, 6.07) is 19.6. The van der Waals surface area contributed by atoms with Gasteiger partial charge in [-0.05, 0) is 24.0 Å². The largest absolute Gasteiger partial charge is 0.388 e. The van der Waals surface area contributed by atoms with Gasteiger partial charge in [0.15, 0.2) is 0 Å². The minimum atomic E-state index is -0.751. The van der Waals surface area contributed by atoms with Crippen molar-refractivity contribution in [3.8, 4) is 0 Å². The van der Waals surface area contributed by atoms with Crippen molar-refractivity contribution in [2.24, 2.45) is 5.41 Å². The number of hydrogen-bond acceptors (Lipinski definition) is 2. The molecule has 3 heteroatoms. The average Bonchev–Trinajstić information content (AvgIpc) is 3.41. The highest BCUT2D eigenvalue weighted by molar-refractivity contribution is 5.86. The van der Waals surface area contributed by atoms with Crippen LogP contribution in [0.3, 0.4) is 0 Å². The van der Waals surface area contributed by atoms with E-state index in [1.165, 1.54) is 0 Å². The van der Waals surface area contributed by atoms with E-state index < -0.39 is 11.5 Å². The number of aliphatic hydroxyl groups excluding tert-OH is 1. The molecule has 0 spiro atoms. The van der Waals surface area contributed by atoms with Crippen molar-refractivity contribution >= 4 is 12.0 Å². The lowest BCUT2D eigenvalue weighted by Gasteiger charge is -2.19. The number of hydrogen-bond donors (Lipinski definition) is 2. The predicted molar refractivity (Wildman–Crippen MR) is 91.4 cm³/mol. The van der Waals surface area contributed by atoms with Gasteiger partial charge in [-0.2, -0.15) is 0 Å². The van der Waals surface area contributed by atoms with Crippen LogP contribution in [0.1, 0.15) is 24.0 Å². The molecule has 0 aliphatic heterocycles. The quantitative estimate of drug-likeness (QED) is 0.861. The van der Waals surface area contributed by atoms with Crippen LogP contribution < -0.4 is 5.32 Å². The lowest BCUT2D eigenvalue weighted by Crippen LogP contribution is -2.38. The zero-order valence-corrected chi connectivity index (χ0v) is 13.0. The fraction of sp³-hybridized carbons (Fsp3) is 0.250. The van der Waals surface area contributed by atoms with Crippen molar-refractivity contribution in [1.29, 1.82) is 0 Å². The van der Waals surface area contributed by atoms with E-state index in [1.807, 2.05) is 66.7 Å². The van der Waals surface area contributed by atoms with Crippen LogP contribution in [0.15, 0.2) is 66.7 Å². The molecule has 1 aliphatic rings. The highest BCUT2D eigenvalue weighted by Crippen LogP contribution is 2.49. The molecule has 23 heavy (non-hydrogen) atoms. The average molecular weight is 307 g/mol. The highest BCUT2D eigenvalue weighted by Gasteiger charge is 2.54. The summed E-state index contributed by atoms with van der Waals surface area (Å²) in [7, 11) is 0. The number of nitrogens with one attached hydrogen (secondary N) is 1. The van der Waals surface area contributed by atoms with Crippen molar-refractivity contribution in [2.45, 2.75) is 25.5 Å². The third kappa shape index (κ3) is 3.69. The van der Waals surface area contributed by atoms with Crippen molar-refractivity contribution in [1.82, 2.24) is 5.32 Å². The summed E-state index contributed by atoms with van der Waals surface area (Å²) >= 11 is 0. The lowest BCUT2D eigenvalue weighted by molar-refractivity contribution is -0.129. The zero-order chi connectivity index (χ0) is 16.1. The van der Waals surface area contributed by atoms with E-state index in [0.29, 0.717) is 6.54 Å². The van der Waals surface area contributed by atoms with Crippen molar-refractivity contribution in [3.63, 3.8) is 0 Å². The Morgan fingerprint density at radius 1 is 1.09 bits per heavy atom. The molecule has 2 aromatic carbocycles. The second kappa shape index (κ2) is 6.80. The van der Waals surface area contributed by atoms with Gasteiger partial charge in [0.25, 0.3) is 0 Å². The van der Waals surface area contributed by atoms with Gasteiger partial charge in [0.1, 0.15) is 0 Å². The van der Waals surface area contributed by atoms with Crippen LogP contribution in [0, 0.1) is 5.41 Å². The first-order valence-corrected chi connectivity index (χ1v) is 7.94. The minimum Gasteiger partial charge on any atom is -0.388 e. The molecule has 118 valence electrons. The highest BCUT2D eigenvalue weighted by atomic mass is 16.3. The molecule has 0 saturated heterocycles. The molecule has 1 amide bonds. The van der Waals surface area contributed by atoms with Crippen molar-refractivity contribution in [2.75, 3.05) is 0 Å². The van der Waals surface area contributed by atoms with E-state index in [9.17, 15) is 9.90 Å². The monoisotopic (exact) mass is 307 g/mol. The zero-order valence-electron chi connectivity index (χ0n) is 13.0. The van der Waals surface area contributed by atoms with Gasteiger partial charge in [-0.1, -0.05) is 72.8 Å². The molecular formula is C20H21NO2. The van der Waals surface area contributed by atoms with Crippen LogP contribution >= 0.6 is 0 Å². The normalized spacial score (nSPS) is 16.9. The smallest absolute Gasteiger partial charge is 0.229 e. The Morgan fingerprint density at radius 3 is 2.30 bits per heavy atom. The second-order valence-corrected chi connectivity index (χ2v) is 6.04. The molecule has 2 aromatic rings. The summed E-state index contributed by atoms with van der Waals surface area (Å²) < 4.78 is 0. The van der Waals surface area contributed by atoms with Crippen LogP contribution in [0.4, 0.5) is 0 Å². The molecule has 0 radical (unpaired) electrons. The first-order chi connectivity index (χ1) is 11.2. The maximum Gasteiger partial charge on any atom is 0.229 e. The Kier molecular flexibility index (Phi) is 4.58. The van der Waals surface area contributed by atoms with Crippen molar-refractivity contribution < 1.29 is 9.90 Å². The van der Waals surface area contributed by atoms with E-state index >= 15 is 0 Å². The Balaban J connectivity index is 1.60.